The SMILES string of the molecule is CCCn1nc(NC(=O)c2cccc(Cl)c2)c2cc3cc(OC)ccc3nc21. The first-order valence-corrected chi connectivity index (χ1v) is 9.39. The zero-order valence-electron chi connectivity index (χ0n) is 15.6. The third-order valence-electron chi connectivity index (χ3n) is 4.48. The Kier molecular flexibility index (Phi) is 4.88. The molecule has 0 radical (unpaired) electrons. The molecule has 2 heterocycles. The van der Waals surface area contributed by atoms with Crippen molar-refractivity contribution in [2.45, 2.75) is 19.9 Å². The lowest BCUT2D eigenvalue weighted by Crippen LogP contribution is -2.12. The van der Waals surface area contributed by atoms with Crippen molar-refractivity contribution in [2.75, 3.05) is 12.4 Å². The maximum absolute atomic E-state index is 12.7. The fourth-order valence-corrected chi connectivity index (χ4v) is 3.32. The van der Waals surface area contributed by atoms with E-state index in [1.54, 1.807) is 31.4 Å². The standard InChI is InChI=1S/C21H19ClN4O2/c1-3-9-26-20-17(12-14-11-16(28-2)7-8-18(14)23-20)19(25-26)24-21(27)13-5-4-6-15(22)10-13/h4-8,10-12H,3,9H2,1-2H3,(H,24,25,27). The number of aryl methyl sites for hydroxylation is 1. The van der Waals surface area contributed by atoms with Crippen molar-refractivity contribution >= 4 is 45.3 Å². The lowest BCUT2D eigenvalue weighted by atomic mass is 10.1. The molecule has 0 aliphatic carbocycles. The number of methoxy groups -OCH3 is 1. The highest BCUT2D eigenvalue weighted by Gasteiger charge is 2.16. The minimum Gasteiger partial charge on any atom is -0.497 e. The Labute approximate surface area is 167 Å². The van der Waals surface area contributed by atoms with Crippen LogP contribution >= 0.6 is 11.6 Å². The van der Waals surface area contributed by atoms with Gasteiger partial charge in [0.1, 0.15) is 5.75 Å². The van der Waals surface area contributed by atoms with Gasteiger partial charge < -0.3 is 10.1 Å². The molecule has 0 saturated carbocycles. The van der Waals surface area contributed by atoms with Gasteiger partial charge in [-0.25, -0.2) is 9.67 Å². The molecule has 0 aliphatic heterocycles. The number of carbonyl (C=O) groups is 1. The van der Waals surface area contributed by atoms with Crippen molar-refractivity contribution in [3.05, 3.63) is 59.1 Å². The molecule has 0 saturated heterocycles. The van der Waals surface area contributed by atoms with Crippen LogP contribution in [-0.4, -0.2) is 27.8 Å². The number of rotatable bonds is 5. The van der Waals surface area contributed by atoms with Gasteiger partial charge in [0.05, 0.1) is 18.0 Å². The van der Waals surface area contributed by atoms with Gasteiger partial charge in [-0.05, 0) is 48.9 Å². The molecule has 142 valence electrons. The first-order chi connectivity index (χ1) is 13.6. The molecule has 6 nitrogen and oxygen atoms in total. The summed E-state index contributed by atoms with van der Waals surface area (Å²) in [6.07, 6.45) is 0.904. The first-order valence-electron chi connectivity index (χ1n) is 9.01. The fourth-order valence-electron chi connectivity index (χ4n) is 3.13. The molecule has 4 aromatic rings. The second-order valence-corrected chi connectivity index (χ2v) is 6.89. The van der Waals surface area contributed by atoms with Gasteiger partial charge in [0.2, 0.25) is 0 Å². The summed E-state index contributed by atoms with van der Waals surface area (Å²) in [6, 6.07) is 14.5. The van der Waals surface area contributed by atoms with Crippen LogP contribution in [-0.2, 0) is 6.54 Å². The second kappa shape index (κ2) is 7.48. The fraction of sp³-hybridized carbons (Fsp3) is 0.190. The van der Waals surface area contributed by atoms with E-state index < -0.39 is 0 Å². The molecule has 0 bridgehead atoms. The molecule has 0 atom stereocenters. The van der Waals surface area contributed by atoms with E-state index in [4.69, 9.17) is 21.3 Å². The number of hydrogen-bond donors (Lipinski definition) is 1. The van der Waals surface area contributed by atoms with Crippen LogP contribution in [0.1, 0.15) is 23.7 Å². The molecule has 7 heteroatoms. The number of hydrogen-bond acceptors (Lipinski definition) is 4. The van der Waals surface area contributed by atoms with Crippen molar-refractivity contribution in [3.63, 3.8) is 0 Å². The average molecular weight is 395 g/mol. The number of halogens is 1. The van der Waals surface area contributed by atoms with Crippen molar-refractivity contribution in [1.82, 2.24) is 14.8 Å². The molecule has 2 aromatic heterocycles. The van der Waals surface area contributed by atoms with E-state index in [2.05, 4.69) is 17.3 Å². The molecule has 0 aliphatic rings. The predicted molar refractivity (Wildman–Crippen MR) is 111 cm³/mol. The van der Waals surface area contributed by atoms with E-state index in [-0.39, 0.29) is 5.91 Å². The molecular formula is C21H19ClN4O2. The summed E-state index contributed by atoms with van der Waals surface area (Å²) in [6.45, 7) is 2.78. The van der Waals surface area contributed by atoms with Crippen LogP contribution in [0.15, 0.2) is 48.5 Å². The highest BCUT2D eigenvalue weighted by Crippen LogP contribution is 2.28. The van der Waals surface area contributed by atoms with Gasteiger partial charge in [-0.15, -0.1) is 0 Å². The van der Waals surface area contributed by atoms with Crippen LogP contribution in [0.4, 0.5) is 5.82 Å². The van der Waals surface area contributed by atoms with E-state index >= 15 is 0 Å². The van der Waals surface area contributed by atoms with E-state index in [0.717, 1.165) is 34.1 Å². The summed E-state index contributed by atoms with van der Waals surface area (Å²) in [4.78, 5) is 17.4. The van der Waals surface area contributed by atoms with E-state index in [1.807, 2.05) is 28.9 Å². The van der Waals surface area contributed by atoms with E-state index in [1.165, 1.54) is 0 Å². The van der Waals surface area contributed by atoms with Crippen LogP contribution in [0.25, 0.3) is 21.9 Å². The highest BCUT2D eigenvalue weighted by molar-refractivity contribution is 6.31. The van der Waals surface area contributed by atoms with Crippen LogP contribution in [0.2, 0.25) is 5.02 Å². The third kappa shape index (κ3) is 3.39. The number of pyridine rings is 1. The van der Waals surface area contributed by atoms with E-state index in [9.17, 15) is 4.79 Å². The Hall–Kier alpha value is -3.12. The van der Waals surface area contributed by atoms with Crippen LogP contribution in [0.5, 0.6) is 5.75 Å². The summed E-state index contributed by atoms with van der Waals surface area (Å²) in [5.74, 6) is 0.959. The van der Waals surface area contributed by atoms with Gasteiger partial charge in [0.15, 0.2) is 11.5 Å². The molecule has 0 spiro atoms. The van der Waals surface area contributed by atoms with Gasteiger partial charge in [0, 0.05) is 22.5 Å². The van der Waals surface area contributed by atoms with Crippen molar-refractivity contribution in [1.29, 1.82) is 0 Å². The summed E-state index contributed by atoms with van der Waals surface area (Å²) in [7, 11) is 1.63. The number of fused-ring (bicyclic) bond motifs is 2. The van der Waals surface area contributed by atoms with Crippen molar-refractivity contribution in [2.24, 2.45) is 0 Å². The molecule has 0 fully saturated rings. The maximum Gasteiger partial charge on any atom is 0.256 e. The third-order valence-corrected chi connectivity index (χ3v) is 4.71. The molecule has 0 unspecified atom stereocenters. The number of anilines is 1. The van der Waals surface area contributed by atoms with Crippen LogP contribution < -0.4 is 10.1 Å². The average Bonchev–Trinajstić information content (AvgIpc) is 3.02. The number of nitrogens with zero attached hydrogens (tertiary/aromatic N) is 3. The molecule has 2 aromatic carbocycles. The lowest BCUT2D eigenvalue weighted by molar-refractivity contribution is 0.102. The molecule has 4 rings (SSSR count). The number of benzene rings is 2. The minimum atomic E-state index is -0.267. The van der Waals surface area contributed by atoms with Gasteiger partial charge in [-0.2, -0.15) is 5.10 Å². The largest absolute Gasteiger partial charge is 0.497 e. The summed E-state index contributed by atoms with van der Waals surface area (Å²) in [5, 5.41) is 9.70. The second-order valence-electron chi connectivity index (χ2n) is 6.45. The lowest BCUT2D eigenvalue weighted by Gasteiger charge is -2.05. The molecule has 1 amide bonds. The molecule has 28 heavy (non-hydrogen) atoms. The normalized spacial score (nSPS) is 11.1. The van der Waals surface area contributed by atoms with Gasteiger partial charge in [-0.1, -0.05) is 24.6 Å². The minimum absolute atomic E-state index is 0.267. The van der Waals surface area contributed by atoms with Crippen molar-refractivity contribution in [3.8, 4) is 5.75 Å². The highest BCUT2D eigenvalue weighted by atomic mass is 35.5. The smallest absolute Gasteiger partial charge is 0.256 e. The number of carbonyl (C=O) groups excluding carboxylic acids is 1. The Morgan fingerprint density at radius 2 is 2.07 bits per heavy atom. The van der Waals surface area contributed by atoms with Gasteiger partial charge in [0.25, 0.3) is 5.91 Å². The molecule has 1 N–H and O–H groups in total. The Bertz CT molecular complexity index is 1190. The zero-order valence-corrected chi connectivity index (χ0v) is 16.3. The number of aromatic nitrogens is 3. The monoisotopic (exact) mass is 394 g/mol. The quantitative estimate of drug-likeness (QED) is 0.522. The topological polar surface area (TPSA) is 69.0 Å². The number of amides is 1. The Morgan fingerprint density at radius 3 is 2.82 bits per heavy atom. The van der Waals surface area contributed by atoms with Crippen LogP contribution in [0, 0.1) is 0 Å². The zero-order chi connectivity index (χ0) is 19.7. The predicted octanol–water partition coefficient (Wildman–Crippen LogP) is 4.91. The Morgan fingerprint density at radius 1 is 1.21 bits per heavy atom. The maximum atomic E-state index is 12.7. The molecular weight excluding hydrogens is 376 g/mol. The summed E-state index contributed by atoms with van der Waals surface area (Å²) < 4.78 is 7.14. The first kappa shape index (κ1) is 18.3. The summed E-state index contributed by atoms with van der Waals surface area (Å²) >= 11 is 6.00. The number of nitrogens with one attached hydrogen (secondary N) is 1. The summed E-state index contributed by atoms with van der Waals surface area (Å²) in [5.41, 5.74) is 2.06. The number of ether oxygens (including phenoxy) is 1. The van der Waals surface area contributed by atoms with Gasteiger partial charge >= 0.3 is 0 Å². The van der Waals surface area contributed by atoms with Crippen molar-refractivity contribution < 1.29 is 9.53 Å². The van der Waals surface area contributed by atoms with Crippen LogP contribution in [0.3, 0.4) is 0 Å². The van der Waals surface area contributed by atoms with E-state index in [0.29, 0.717) is 22.9 Å². The van der Waals surface area contributed by atoms with Gasteiger partial charge in [-0.3, -0.25) is 4.79 Å². The Balaban J connectivity index is 1.82.